The molecular weight excluding hydrogens is 283 g/mol. The molecule has 118 valence electrons. The Labute approximate surface area is 114 Å². The second kappa shape index (κ2) is 5.40. The normalized spacial score (nSPS) is 32.4. The molecule has 0 bridgehead atoms. The molecule has 1 heterocycles. The molecule has 20 heavy (non-hydrogen) atoms. The molecule has 0 aromatic carbocycles. The highest BCUT2D eigenvalue weighted by atomic mass is 19.4. The molecule has 1 aliphatic heterocycles. The van der Waals surface area contributed by atoms with E-state index in [2.05, 4.69) is 0 Å². The van der Waals surface area contributed by atoms with Crippen molar-refractivity contribution in [1.29, 1.82) is 0 Å². The maximum absolute atomic E-state index is 13.6. The van der Waals surface area contributed by atoms with Gasteiger partial charge in [-0.3, -0.25) is 0 Å². The summed E-state index contributed by atoms with van der Waals surface area (Å²) in [6.45, 7) is 1.14. The van der Waals surface area contributed by atoms with E-state index in [1.54, 1.807) is 0 Å². The van der Waals surface area contributed by atoms with E-state index in [0.29, 0.717) is 0 Å². The molecule has 0 amide bonds. The minimum absolute atomic E-state index is 0.153. The fourth-order valence-corrected chi connectivity index (χ4v) is 3.01. The van der Waals surface area contributed by atoms with Gasteiger partial charge in [0.25, 0.3) is 5.79 Å². The average Bonchev–Trinajstić information content (AvgIpc) is 3.04. The van der Waals surface area contributed by atoms with E-state index in [1.165, 1.54) is 6.92 Å². The summed E-state index contributed by atoms with van der Waals surface area (Å²) in [6.07, 6.45) is -1.81. The highest BCUT2D eigenvalue weighted by Crippen LogP contribution is 2.58. The number of epoxide rings is 1. The van der Waals surface area contributed by atoms with Crippen LogP contribution in [0.15, 0.2) is 0 Å². The first-order valence-electron chi connectivity index (χ1n) is 7.01. The van der Waals surface area contributed by atoms with Crippen LogP contribution >= 0.6 is 0 Å². The molecule has 2 nitrogen and oxygen atoms in total. The number of halogens is 5. The summed E-state index contributed by atoms with van der Waals surface area (Å²) < 4.78 is 74.2. The predicted octanol–water partition coefficient (Wildman–Crippen LogP) is 4.29. The maximum Gasteiger partial charge on any atom is 0.459 e. The molecule has 2 aliphatic rings. The largest absolute Gasteiger partial charge is 0.459 e. The zero-order chi connectivity index (χ0) is 15.0. The lowest BCUT2D eigenvalue weighted by Gasteiger charge is -2.27. The number of alkyl halides is 5. The smallest absolute Gasteiger partial charge is 0.343 e. The van der Waals surface area contributed by atoms with Crippen LogP contribution in [0.4, 0.5) is 22.0 Å². The fraction of sp³-hybridized carbons (Fsp3) is 1.00. The Balaban J connectivity index is 2.06. The van der Waals surface area contributed by atoms with Gasteiger partial charge in [0.15, 0.2) is 0 Å². The van der Waals surface area contributed by atoms with E-state index < -0.39 is 24.0 Å². The van der Waals surface area contributed by atoms with E-state index in [4.69, 9.17) is 9.47 Å². The van der Waals surface area contributed by atoms with Crippen molar-refractivity contribution < 1.29 is 31.4 Å². The summed E-state index contributed by atoms with van der Waals surface area (Å²) in [6, 6.07) is 0. The van der Waals surface area contributed by atoms with Crippen LogP contribution < -0.4 is 0 Å². The molecule has 2 fully saturated rings. The lowest BCUT2D eigenvalue weighted by Crippen LogP contribution is -2.52. The molecule has 1 aliphatic carbocycles. The summed E-state index contributed by atoms with van der Waals surface area (Å²) in [7, 11) is 0. The molecule has 0 spiro atoms. The van der Waals surface area contributed by atoms with Crippen molar-refractivity contribution in [2.24, 2.45) is 5.92 Å². The standard InChI is InChI=1S/C13H19F5O2/c1-2-19-11(12(14,15)13(16,17)18)10(20-11)8-9-6-4-3-5-7-9/h9-10H,2-8H2,1H3/t10-,11+/m1/s1. The summed E-state index contributed by atoms with van der Waals surface area (Å²) in [4.78, 5) is 0. The van der Waals surface area contributed by atoms with Crippen LogP contribution in [0, 0.1) is 5.92 Å². The van der Waals surface area contributed by atoms with Gasteiger partial charge < -0.3 is 9.47 Å². The molecule has 2 rings (SSSR count). The second-order valence-corrected chi connectivity index (χ2v) is 5.52. The van der Waals surface area contributed by atoms with Gasteiger partial charge in [-0.2, -0.15) is 22.0 Å². The first-order chi connectivity index (χ1) is 9.24. The number of ether oxygens (including phenoxy) is 2. The molecule has 1 saturated carbocycles. The predicted molar refractivity (Wildman–Crippen MR) is 61.4 cm³/mol. The lowest BCUT2D eigenvalue weighted by atomic mass is 9.85. The Kier molecular flexibility index (Phi) is 4.31. The summed E-state index contributed by atoms with van der Waals surface area (Å²) in [5.41, 5.74) is 0. The number of hydrogen-bond donors (Lipinski definition) is 0. The van der Waals surface area contributed by atoms with Crippen LogP contribution in [-0.4, -0.2) is 30.6 Å². The second-order valence-electron chi connectivity index (χ2n) is 5.52. The SMILES string of the molecule is CCO[C@]1(C(F)(F)C(F)(F)F)O[C@@H]1CC1CCCCC1. The van der Waals surface area contributed by atoms with Crippen LogP contribution in [0.5, 0.6) is 0 Å². The van der Waals surface area contributed by atoms with Gasteiger partial charge in [0.05, 0.1) is 0 Å². The van der Waals surface area contributed by atoms with Gasteiger partial charge in [-0.1, -0.05) is 32.1 Å². The van der Waals surface area contributed by atoms with Gasteiger partial charge in [0.1, 0.15) is 6.10 Å². The van der Waals surface area contributed by atoms with Gasteiger partial charge in [-0.25, -0.2) is 0 Å². The van der Waals surface area contributed by atoms with Crippen molar-refractivity contribution in [2.45, 2.75) is 69.4 Å². The number of hydrogen-bond acceptors (Lipinski definition) is 2. The van der Waals surface area contributed by atoms with E-state index in [0.717, 1.165) is 32.1 Å². The number of rotatable bonds is 5. The summed E-state index contributed by atoms with van der Waals surface area (Å²) in [5, 5.41) is 0. The van der Waals surface area contributed by atoms with E-state index in [9.17, 15) is 22.0 Å². The van der Waals surface area contributed by atoms with Gasteiger partial charge >= 0.3 is 12.1 Å². The molecule has 0 N–H and O–H groups in total. The van der Waals surface area contributed by atoms with Crippen LogP contribution in [0.3, 0.4) is 0 Å². The molecular formula is C13H19F5O2. The first-order valence-corrected chi connectivity index (χ1v) is 7.01. The Morgan fingerprint density at radius 2 is 1.70 bits per heavy atom. The van der Waals surface area contributed by atoms with Crippen molar-refractivity contribution in [3.8, 4) is 0 Å². The van der Waals surface area contributed by atoms with Crippen molar-refractivity contribution in [1.82, 2.24) is 0 Å². The zero-order valence-electron chi connectivity index (χ0n) is 11.3. The molecule has 2 atom stereocenters. The van der Waals surface area contributed by atoms with E-state index >= 15 is 0 Å². The van der Waals surface area contributed by atoms with Crippen molar-refractivity contribution in [3.63, 3.8) is 0 Å². The van der Waals surface area contributed by atoms with Crippen molar-refractivity contribution in [3.05, 3.63) is 0 Å². The maximum atomic E-state index is 13.6. The molecule has 0 radical (unpaired) electrons. The molecule has 0 aromatic rings. The monoisotopic (exact) mass is 302 g/mol. The van der Waals surface area contributed by atoms with Gasteiger partial charge in [0.2, 0.25) is 0 Å². The van der Waals surface area contributed by atoms with Crippen LogP contribution in [0.2, 0.25) is 0 Å². The van der Waals surface area contributed by atoms with E-state index in [-0.39, 0.29) is 18.9 Å². The highest BCUT2D eigenvalue weighted by molar-refractivity contribution is 5.08. The quantitative estimate of drug-likeness (QED) is 0.558. The third-order valence-electron chi connectivity index (χ3n) is 4.11. The van der Waals surface area contributed by atoms with Gasteiger partial charge in [-0.05, 0) is 19.3 Å². The first kappa shape index (κ1) is 15.9. The Bertz CT molecular complexity index is 338. The summed E-state index contributed by atoms with van der Waals surface area (Å²) >= 11 is 0. The topological polar surface area (TPSA) is 21.8 Å². The van der Waals surface area contributed by atoms with Crippen LogP contribution in [0.25, 0.3) is 0 Å². The Hall–Kier alpha value is -0.430. The fourth-order valence-electron chi connectivity index (χ4n) is 3.01. The van der Waals surface area contributed by atoms with Crippen LogP contribution in [0.1, 0.15) is 45.4 Å². The van der Waals surface area contributed by atoms with E-state index in [1.807, 2.05) is 0 Å². The average molecular weight is 302 g/mol. The third-order valence-corrected chi connectivity index (χ3v) is 4.11. The van der Waals surface area contributed by atoms with Crippen LogP contribution in [-0.2, 0) is 9.47 Å². The molecule has 0 unspecified atom stereocenters. The lowest BCUT2D eigenvalue weighted by molar-refractivity contribution is -0.345. The Morgan fingerprint density at radius 1 is 1.10 bits per heavy atom. The minimum atomic E-state index is -5.66. The van der Waals surface area contributed by atoms with Crippen molar-refractivity contribution >= 4 is 0 Å². The Morgan fingerprint density at radius 3 is 2.20 bits per heavy atom. The summed E-state index contributed by atoms with van der Waals surface area (Å²) in [5.74, 6) is -7.63. The van der Waals surface area contributed by atoms with Gasteiger partial charge in [0, 0.05) is 6.61 Å². The van der Waals surface area contributed by atoms with Gasteiger partial charge in [-0.15, -0.1) is 0 Å². The molecule has 0 aromatic heterocycles. The van der Waals surface area contributed by atoms with Crippen molar-refractivity contribution in [2.75, 3.05) is 6.61 Å². The third kappa shape index (κ3) is 2.66. The molecule has 1 saturated heterocycles. The highest BCUT2D eigenvalue weighted by Gasteiger charge is 2.83. The zero-order valence-corrected chi connectivity index (χ0v) is 11.3. The minimum Gasteiger partial charge on any atom is -0.343 e. The molecule has 7 heteroatoms.